The molecule has 0 spiro atoms. The van der Waals surface area contributed by atoms with E-state index in [0.717, 1.165) is 30.3 Å². The van der Waals surface area contributed by atoms with Crippen molar-refractivity contribution in [3.63, 3.8) is 0 Å². The molecule has 1 aromatic heterocycles. The molecule has 1 aliphatic heterocycles. The monoisotopic (exact) mass is 268 g/mol. The van der Waals surface area contributed by atoms with Gasteiger partial charge >= 0.3 is 0 Å². The third-order valence-corrected chi connectivity index (χ3v) is 5.00. The van der Waals surface area contributed by atoms with Crippen molar-refractivity contribution < 1.29 is 0 Å². The van der Waals surface area contributed by atoms with Crippen LogP contribution in [0.3, 0.4) is 0 Å². The Labute approximate surface area is 121 Å². The zero-order valence-electron chi connectivity index (χ0n) is 13.0. The number of anilines is 1. The van der Waals surface area contributed by atoms with Gasteiger partial charge in [-0.05, 0) is 42.4 Å². The summed E-state index contributed by atoms with van der Waals surface area (Å²) in [6.07, 6.45) is 1.25. The van der Waals surface area contributed by atoms with Crippen molar-refractivity contribution in [1.29, 1.82) is 0 Å². The Morgan fingerprint density at radius 1 is 1.20 bits per heavy atom. The molecule has 0 amide bonds. The van der Waals surface area contributed by atoms with Crippen LogP contribution in [0.2, 0.25) is 0 Å². The number of nitrogens with zero attached hydrogens (tertiary/aromatic N) is 2. The first-order valence-electron chi connectivity index (χ1n) is 7.59. The second kappa shape index (κ2) is 4.76. The average molecular weight is 268 g/mol. The normalized spacial score (nSPS) is 22.2. The van der Waals surface area contributed by atoms with E-state index in [-0.39, 0.29) is 0 Å². The van der Waals surface area contributed by atoms with E-state index in [0.29, 0.717) is 5.41 Å². The van der Waals surface area contributed by atoms with Gasteiger partial charge in [0.05, 0.1) is 5.52 Å². The molecule has 1 fully saturated rings. The van der Waals surface area contributed by atoms with Gasteiger partial charge in [-0.1, -0.05) is 39.0 Å². The molecule has 2 aromatic rings. The van der Waals surface area contributed by atoms with Crippen LogP contribution in [0.5, 0.6) is 0 Å². The van der Waals surface area contributed by atoms with Crippen molar-refractivity contribution in [2.45, 2.75) is 34.1 Å². The van der Waals surface area contributed by atoms with E-state index in [1.165, 1.54) is 17.4 Å². The summed E-state index contributed by atoms with van der Waals surface area (Å²) in [5.74, 6) is 1.91. The maximum Gasteiger partial charge on any atom is 0.129 e. The second-order valence-corrected chi connectivity index (χ2v) is 6.92. The number of hydrogen-bond acceptors (Lipinski definition) is 2. The maximum absolute atomic E-state index is 4.91. The van der Waals surface area contributed by atoms with E-state index in [1.807, 2.05) is 0 Å². The van der Waals surface area contributed by atoms with Gasteiger partial charge in [-0.15, -0.1) is 0 Å². The molecule has 2 nitrogen and oxygen atoms in total. The summed E-state index contributed by atoms with van der Waals surface area (Å²) in [6.45, 7) is 11.5. The Bertz CT molecular complexity index is 630. The highest BCUT2D eigenvalue weighted by atomic mass is 15.2. The van der Waals surface area contributed by atoms with Crippen molar-refractivity contribution in [2.75, 3.05) is 18.0 Å². The predicted molar refractivity (Wildman–Crippen MR) is 86.3 cm³/mol. The van der Waals surface area contributed by atoms with Gasteiger partial charge in [0.25, 0.3) is 0 Å². The second-order valence-electron chi connectivity index (χ2n) is 6.92. The van der Waals surface area contributed by atoms with Crippen LogP contribution in [0.15, 0.2) is 30.3 Å². The number of fused-ring (bicyclic) bond motifs is 1. The first-order valence-corrected chi connectivity index (χ1v) is 7.59. The molecule has 1 aliphatic rings. The van der Waals surface area contributed by atoms with E-state index < -0.39 is 0 Å². The zero-order chi connectivity index (χ0) is 14.3. The molecule has 1 aromatic carbocycles. The molecular weight excluding hydrogens is 244 g/mol. The van der Waals surface area contributed by atoms with Gasteiger partial charge in [0.1, 0.15) is 5.82 Å². The van der Waals surface area contributed by atoms with Gasteiger partial charge in [-0.25, -0.2) is 4.98 Å². The predicted octanol–water partition coefficient (Wildman–Crippen LogP) is 4.42. The topological polar surface area (TPSA) is 16.1 Å². The number of para-hydroxylation sites is 1. The molecular formula is C18H24N2. The summed E-state index contributed by atoms with van der Waals surface area (Å²) in [7, 11) is 0. The molecule has 1 atom stereocenters. The molecule has 0 aliphatic carbocycles. The summed E-state index contributed by atoms with van der Waals surface area (Å²) in [5, 5.41) is 1.23. The van der Waals surface area contributed by atoms with Crippen molar-refractivity contribution in [1.82, 2.24) is 4.98 Å². The fourth-order valence-corrected chi connectivity index (χ4v) is 3.12. The van der Waals surface area contributed by atoms with Crippen LogP contribution in [0.4, 0.5) is 5.82 Å². The summed E-state index contributed by atoms with van der Waals surface area (Å²) < 4.78 is 0. The van der Waals surface area contributed by atoms with Crippen molar-refractivity contribution >= 4 is 16.7 Å². The standard InChI is InChI=1S/C18H24N2/c1-13-6-5-7-15-8-9-16(19-17(13)15)20-11-10-14(2)18(3,4)12-20/h5-9,14H,10-12H2,1-4H3. The molecule has 0 saturated carbocycles. The van der Waals surface area contributed by atoms with Gasteiger partial charge in [-0.2, -0.15) is 0 Å². The maximum atomic E-state index is 4.91. The molecule has 1 unspecified atom stereocenters. The van der Waals surface area contributed by atoms with Crippen LogP contribution in [0, 0.1) is 18.3 Å². The molecule has 0 bridgehead atoms. The van der Waals surface area contributed by atoms with Crippen LogP contribution in [0.25, 0.3) is 10.9 Å². The Morgan fingerprint density at radius 2 is 2.00 bits per heavy atom. The largest absolute Gasteiger partial charge is 0.356 e. The van der Waals surface area contributed by atoms with Crippen molar-refractivity contribution in [2.24, 2.45) is 11.3 Å². The Hall–Kier alpha value is -1.57. The molecule has 2 heterocycles. The Morgan fingerprint density at radius 3 is 2.75 bits per heavy atom. The molecule has 2 heteroatoms. The van der Waals surface area contributed by atoms with Gasteiger partial charge in [-0.3, -0.25) is 0 Å². The summed E-state index contributed by atoms with van der Waals surface area (Å²) >= 11 is 0. The molecule has 0 N–H and O–H groups in total. The third-order valence-electron chi connectivity index (χ3n) is 5.00. The van der Waals surface area contributed by atoms with Crippen molar-refractivity contribution in [3.05, 3.63) is 35.9 Å². The van der Waals surface area contributed by atoms with Crippen LogP contribution in [-0.4, -0.2) is 18.1 Å². The number of hydrogen-bond donors (Lipinski definition) is 0. The van der Waals surface area contributed by atoms with Crippen LogP contribution >= 0.6 is 0 Å². The van der Waals surface area contributed by atoms with Crippen LogP contribution in [-0.2, 0) is 0 Å². The number of benzene rings is 1. The smallest absolute Gasteiger partial charge is 0.129 e. The quantitative estimate of drug-likeness (QED) is 0.761. The van der Waals surface area contributed by atoms with Gasteiger partial charge in [0.15, 0.2) is 0 Å². The van der Waals surface area contributed by atoms with E-state index >= 15 is 0 Å². The number of rotatable bonds is 1. The molecule has 20 heavy (non-hydrogen) atoms. The van der Waals surface area contributed by atoms with E-state index in [2.05, 4.69) is 62.9 Å². The summed E-state index contributed by atoms with van der Waals surface area (Å²) in [5.41, 5.74) is 2.76. The number of piperidine rings is 1. The summed E-state index contributed by atoms with van der Waals surface area (Å²) in [4.78, 5) is 7.37. The Balaban J connectivity index is 1.97. The minimum Gasteiger partial charge on any atom is -0.356 e. The lowest BCUT2D eigenvalue weighted by Crippen LogP contribution is -2.45. The zero-order valence-corrected chi connectivity index (χ0v) is 13.0. The number of pyridine rings is 1. The molecule has 1 saturated heterocycles. The van der Waals surface area contributed by atoms with E-state index in [4.69, 9.17) is 4.98 Å². The highest BCUT2D eigenvalue weighted by molar-refractivity contribution is 5.83. The highest BCUT2D eigenvalue weighted by Crippen LogP contribution is 2.36. The Kier molecular flexibility index (Phi) is 3.19. The minimum absolute atomic E-state index is 0.362. The fraction of sp³-hybridized carbons (Fsp3) is 0.500. The summed E-state index contributed by atoms with van der Waals surface area (Å²) in [6, 6.07) is 10.8. The first kappa shape index (κ1) is 13.4. The van der Waals surface area contributed by atoms with Gasteiger partial charge in [0.2, 0.25) is 0 Å². The molecule has 3 rings (SSSR count). The van der Waals surface area contributed by atoms with E-state index in [1.54, 1.807) is 0 Å². The first-order chi connectivity index (χ1) is 9.47. The minimum atomic E-state index is 0.362. The number of aromatic nitrogens is 1. The molecule has 0 radical (unpaired) electrons. The number of aryl methyl sites for hydroxylation is 1. The fourth-order valence-electron chi connectivity index (χ4n) is 3.12. The SMILES string of the molecule is Cc1cccc2ccc(N3CCC(C)C(C)(C)C3)nc12. The van der Waals surface area contributed by atoms with E-state index in [9.17, 15) is 0 Å². The van der Waals surface area contributed by atoms with Crippen LogP contribution in [0.1, 0.15) is 32.8 Å². The lowest BCUT2D eigenvalue weighted by molar-refractivity contribution is 0.193. The van der Waals surface area contributed by atoms with Gasteiger partial charge < -0.3 is 4.90 Å². The lowest BCUT2D eigenvalue weighted by atomic mass is 9.75. The molecule has 106 valence electrons. The van der Waals surface area contributed by atoms with Gasteiger partial charge in [0, 0.05) is 18.5 Å². The van der Waals surface area contributed by atoms with Crippen LogP contribution < -0.4 is 4.90 Å². The average Bonchev–Trinajstić information content (AvgIpc) is 2.42. The van der Waals surface area contributed by atoms with Crippen molar-refractivity contribution in [3.8, 4) is 0 Å². The lowest BCUT2D eigenvalue weighted by Gasteiger charge is -2.43. The third kappa shape index (κ3) is 2.28. The highest BCUT2D eigenvalue weighted by Gasteiger charge is 2.33.